The predicted octanol–water partition coefficient (Wildman–Crippen LogP) is 6.31. The Bertz CT molecular complexity index is 1270. The van der Waals surface area contributed by atoms with Gasteiger partial charge in [0.1, 0.15) is 34.6 Å². The van der Waals surface area contributed by atoms with Gasteiger partial charge in [0.15, 0.2) is 0 Å². The van der Waals surface area contributed by atoms with E-state index in [0.29, 0.717) is 45.3 Å². The number of thiazole rings is 1. The van der Waals surface area contributed by atoms with Crippen molar-refractivity contribution in [3.63, 3.8) is 0 Å². The molecule has 0 spiro atoms. The molecule has 4 rings (SSSR count). The number of carbonyl (C=O) groups is 1. The minimum absolute atomic E-state index is 0.315. The summed E-state index contributed by atoms with van der Waals surface area (Å²) in [6.45, 7) is 0.359. The van der Waals surface area contributed by atoms with Gasteiger partial charge in [-0.05, 0) is 30.3 Å². The van der Waals surface area contributed by atoms with E-state index >= 15 is 0 Å². The number of nitrogens with one attached hydrogen (secondary N) is 1. The van der Waals surface area contributed by atoms with E-state index in [1.165, 1.54) is 18.4 Å². The van der Waals surface area contributed by atoms with Gasteiger partial charge in [-0.3, -0.25) is 4.79 Å². The van der Waals surface area contributed by atoms with E-state index in [9.17, 15) is 4.79 Å². The highest BCUT2D eigenvalue weighted by Crippen LogP contribution is 2.31. The number of rotatable bonds is 8. The van der Waals surface area contributed by atoms with Gasteiger partial charge >= 0.3 is 0 Å². The summed E-state index contributed by atoms with van der Waals surface area (Å²) in [7, 11) is 3.10. The molecule has 0 atom stereocenters. The first-order chi connectivity index (χ1) is 16.1. The fourth-order valence-electron chi connectivity index (χ4n) is 3.09. The smallest absolute Gasteiger partial charge is 0.275 e. The molecule has 1 amide bonds. The van der Waals surface area contributed by atoms with Crippen LogP contribution >= 0.6 is 22.9 Å². The highest BCUT2D eigenvalue weighted by molar-refractivity contribution is 7.13. The Morgan fingerprint density at radius 2 is 1.85 bits per heavy atom. The first-order valence-corrected chi connectivity index (χ1v) is 11.3. The van der Waals surface area contributed by atoms with E-state index in [0.717, 1.165) is 11.1 Å². The van der Waals surface area contributed by atoms with Crippen molar-refractivity contribution in [2.75, 3.05) is 19.5 Å². The number of amides is 1. The Morgan fingerprint density at radius 3 is 2.64 bits per heavy atom. The molecule has 4 aromatic rings. The molecule has 6 nitrogen and oxygen atoms in total. The van der Waals surface area contributed by atoms with Crippen molar-refractivity contribution in [1.29, 1.82) is 0 Å². The lowest BCUT2D eigenvalue weighted by molar-refractivity contribution is 0.102. The highest BCUT2D eigenvalue weighted by atomic mass is 35.5. The first kappa shape index (κ1) is 22.6. The number of anilines is 1. The molecule has 8 heteroatoms. The van der Waals surface area contributed by atoms with Crippen molar-refractivity contribution in [1.82, 2.24) is 4.98 Å². The zero-order chi connectivity index (χ0) is 23.2. The average Bonchev–Trinajstić information content (AvgIpc) is 3.35. The highest BCUT2D eigenvalue weighted by Gasteiger charge is 2.15. The van der Waals surface area contributed by atoms with Crippen LogP contribution in [0.25, 0.3) is 10.6 Å². The number of halogens is 1. The van der Waals surface area contributed by atoms with Crippen molar-refractivity contribution < 1.29 is 19.0 Å². The number of ether oxygens (including phenoxy) is 3. The van der Waals surface area contributed by atoms with Crippen molar-refractivity contribution in [2.24, 2.45) is 0 Å². The summed E-state index contributed by atoms with van der Waals surface area (Å²) in [5.74, 6) is 1.50. The fraction of sp³-hybridized carbons (Fsp3) is 0.120. The molecule has 1 aromatic heterocycles. The Labute approximate surface area is 200 Å². The average molecular weight is 481 g/mol. The molecule has 0 aliphatic rings. The SMILES string of the molecule is COc1ccc(NC(=O)c2csc(-c3cccc(OCc4ccccc4Cl)c3)n2)c(OC)c1. The van der Waals surface area contributed by atoms with Crippen molar-refractivity contribution >= 4 is 34.5 Å². The van der Waals surface area contributed by atoms with Gasteiger partial charge in [-0.1, -0.05) is 41.9 Å². The molecule has 0 aliphatic carbocycles. The summed E-state index contributed by atoms with van der Waals surface area (Å²) in [6.07, 6.45) is 0. The largest absolute Gasteiger partial charge is 0.497 e. The maximum Gasteiger partial charge on any atom is 0.275 e. The topological polar surface area (TPSA) is 69.7 Å². The normalized spacial score (nSPS) is 10.5. The quantitative estimate of drug-likeness (QED) is 0.320. The van der Waals surface area contributed by atoms with Crippen LogP contribution in [0.15, 0.2) is 72.1 Å². The standard InChI is InChI=1S/C25H21ClN2O4S/c1-30-18-10-11-21(23(13-18)31-2)27-24(29)22-15-33-25(28-22)16-7-5-8-19(12-16)32-14-17-6-3-4-9-20(17)26/h3-13,15H,14H2,1-2H3,(H,27,29). The van der Waals surface area contributed by atoms with E-state index in [2.05, 4.69) is 10.3 Å². The lowest BCUT2D eigenvalue weighted by Gasteiger charge is -2.10. The summed E-state index contributed by atoms with van der Waals surface area (Å²) in [5.41, 5.74) is 2.62. The van der Waals surface area contributed by atoms with Crippen LogP contribution in [0.2, 0.25) is 5.02 Å². The molecule has 1 N–H and O–H groups in total. The number of hydrogen-bond donors (Lipinski definition) is 1. The third kappa shape index (κ3) is 5.45. The van der Waals surface area contributed by atoms with Crippen LogP contribution in [0.4, 0.5) is 5.69 Å². The molecule has 3 aromatic carbocycles. The minimum atomic E-state index is -0.327. The summed E-state index contributed by atoms with van der Waals surface area (Å²) in [5, 5.41) is 5.93. The van der Waals surface area contributed by atoms with Gasteiger partial charge in [0, 0.05) is 27.6 Å². The van der Waals surface area contributed by atoms with Gasteiger partial charge in [0.05, 0.1) is 19.9 Å². The van der Waals surface area contributed by atoms with Gasteiger partial charge in [0.2, 0.25) is 0 Å². The molecule has 168 valence electrons. The van der Waals surface area contributed by atoms with E-state index in [1.807, 2.05) is 48.5 Å². The number of benzene rings is 3. The zero-order valence-corrected chi connectivity index (χ0v) is 19.6. The van der Waals surface area contributed by atoms with Crippen LogP contribution in [0.3, 0.4) is 0 Å². The van der Waals surface area contributed by atoms with Crippen molar-refractivity contribution in [3.05, 3.63) is 88.4 Å². The minimum Gasteiger partial charge on any atom is -0.497 e. The fourth-order valence-corrected chi connectivity index (χ4v) is 4.08. The molecular weight excluding hydrogens is 460 g/mol. The summed E-state index contributed by atoms with van der Waals surface area (Å²) < 4.78 is 16.4. The third-order valence-corrected chi connectivity index (χ3v) is 6.09. The lowest BCUT2D eigenvalue weighted by atomic mass is 10.2. The molecular formula is C25H21ClN2O4S. The second kappa shape index (κ2) is 10.4. The van der Waals surface area contributed by atoms with E-state index in [1.54, 1.807) is 30.7 Å². The first-order valence-electron chi connectivity index (χ1n) is 10.0. The molecule has 0 radical (unpaired) electrons. The maximum atomic E-state index is 12.7. The monoisotopic (exact) mass is 480 g/mol. The lowest BCUT2D eigenvalue weighted by Crippen LogP contribution is -2.13. The van der Waals surface area contributed by atoms with E-state index in [-0.39, 0.29) is 5.91 Å². The van der Waals surface area contributed by atoms with Gasteiger partial charge in [0.25, 0.3) is 5.91 Å². The maximum absolute atomic E-state index is 12.7. The van der Waals surface area contributed by atoms with Crippen LogP contribution in [-0.4, -0.2) is 25.1 Å². The van der Waals surface area contributed by atoms with Crippen LogP contribution in [0.1, 0.15) is 16.1 Å². The van der Waals surface area contributed by atoms with E-state index < -0.39 is 0 Å². The Balaban J connectivity index is 1.46. The number of methoxy groups -OCH3 is 2. The van der Waals surface area contributed by atoms with Crippen molar-refractivity contribution in [3.8, 4) is 27.8 Å². The third-order valence-electron chi connectivity index (χ3n) is 4.83. The molecule has 33 heavy (non-hydrogen) atoms. The van der Waals surface area contributed by atoms with E-state index in [4.69, 9.17) is 25.8 Å². The summed E-state index contributed by atoms with van der Waals surface area (Å²) >= 11 is 7.59. The Morgan fingerprint density at radius 1 is 1.00 bits per heavy atom. The number of nitrogens with zero attached hydrogens (tertiary/aromatic N) is 1. The van der Waals surface area contributed by atoms with Gasteiger partial charge in [-0.25, -0.2) is 4.98 Å². The second-order valence-electron chi connectivity index (χ2n) is 6.97. The summed E-state index contributed by atoms with van der Waals surface area (Å²) in [4.78, 5) is 17.3. The van der Waals surface area contributed by atoms with Crippen LogP contribution in [0.5, 0.6) is 17.2 Å². The van der Waals surface area contributed by atoms with Gasteiger partial charge in [-0.2, -0.15) is 0 Å². The van der Waals surface area contributed by atoms with Crippen LogP contribution in [0, 0.1) is 0 Å². The number of hydrogen-bond acceptors (Lipinski definition) is 6. The van der Waals surface area contributed by atoms with Crippen molar-refractivity contribution in [2.45, 2.75) is 6.61 Å². The Kier molecular flexibility index (Phi) is 7.12. The van der Waals surface area contributed by atoms with Gasteiger partial charge < -0.3 is 19.5 Å². The molecule has 0 unspecified atom stereocenters. The van der Waals surface area contributed by atoms with Gasteiger partial charge in [-0.15, -0.1) is 11.3 Å². The molecule has 0 saturated carbocycles. The molecule has 1 heterocycles. The predicted molar refractivity (Wildman–Crippen MR) is 131 cm³/mol. The zero-order valence-electron chi connectivity index (χ0n) is 18.0. The van der Waals surface area contributed by atoms with Crippen LogP contribution in [-0.2, 0) is 6.61 Å². The molecule has 0 fully saturated rings. The molecule has 0 bridgehead atoms. The summed E-state index contributed by atoms with van der Waals surface area (Å²) in [6, 6.07) is 20.3. The Hall–Kier alpha value is -3.55. The molecule has 0 saturated heterocycles. The number of carbonyl (C=O) groups excluding carboxylic acids is 1. The van der Waals surface area contributed by atoms with Crippen LogP contribution < -0.4 is 19.5 Å². The second-order valence-corrected chi connectivity index (χ2v) is 8.23. The molecule has 0 aliphatic heterocycles. The number of aromatic nitrogens is 1.